The van der Waals surface area contributed by atoms with E-state index in [1.54, 1.807) is 24.3 Å². The van der Waals surface area contributed by atoms with E-state index in [-0.39, 0.29) is 5.97 Å². The number of rotatable bonds is 22. The Morgan fingerprint density at radius 2 is 1.24 bits per heavy atom. The molecule has 0 fully saturated rings. The van der Waals surface area contributed by atoms with Crippen LogP contribution in [-0.2, 0) is 18.0 Å². The van der Waals surface area contributed by atoms with Gasteiger partial charge >= 0.3 is 5.97 Å². The van der Waals surface area contributed by atoms with Gasteiger partial charge in [0, 0.05) is 29.7 Å². The molecular weight excluding hydrogens is 612 g/mol. The van der Waals surface area contributed by atoms with Crippen LogP contribution >= 0.6 is 0 Å². The van der Waals surface area contributed by atoms with Crippen molar-refractivity contribution in [3.05, 3.63) is 125 Å². The summed E-state index contributed by atoms with van der Waals surface area (Å²) < 4.78 is 23.8. The Morgan fingerprint density at radius 3 is 1.90 bits per heavy atom. The standard InChI is InChI=1S/C43H52O6/c1-3-5-6-7-8-9-10-11-18-23-43(45)49-38-27-28-39(42(31-38)48-33-35-21-16-13-17-22-35)40(44)29-25-36-24-26-37(30-41(36)46-4-2)47-32-34-19-14-12-15-20-34/h12-17,19-22,24-31,40,44H,3-11,18,23,32-33H2,1-2H3. The molecule has 0 bridgehead atoms. The average Bonchev–Trinajstić information content (AvgIpc) is 3.13. The van der Waals surface area contributed by atoms with Crippen molar-refractivity contribution in [3.63, 3.8) is 0 Å². The summed E-state index contributed by atoms with van der Waals surface area (Å²) in [4.78, 5) is 12.7. The Balaban J connectivity index is 1.39. The lowest BCUT2D eigenvalue weighted by Gasteiger charge is -2.16. The van der Waals surface area contributed by atoms with Crippen molar-refractivity contribution < 1.29 is 28.8 Å². The number of benzene rings is 4. The Bertz CT molecular complexity index is 1550. The monoisotopic (exact) mass is 664 g/mol. The highest BCUT2D eigenvalue weighted by Crippen LogP contribution is 2.33. The highest BCUT2D eigenvalue weighted by Gasteiger charge is 2.15. The Hall–Kier alpha value is -4.55. The van der Waals surface area contributed by atoms with Crippen molar-refractivity contribution in [2.75, 3.05) is 6.61 Å². The van der Waals surface area contributed by atoms with Crippen molar-refractivity contribution >= 4 is 12.0 Å². The minimum absolute atomic E-state index is 0.259. The number of esters is 1. The van der Waals surface area contributed by atoms with E-state index < -0.39 is 6.10 Å². The second-order valence-electron chi connectivity index (χ2n) is 12.2. The van der Waals surface area contributed by atoms with Gasteiger partial charge in [-0.2, -0.15) is 0 Å². The molecular formula is C43H52O6. The summed E-state index contributed by atoms with van der Waals surface area (Å²) in [5, 5.41) is 11.3. The van der Waals surface area contributed by atoms with E-state index in [0.29, 0.717) is 54.8 Å². The quantitative estimate of drug-likeness (QED) is 0.0512. The topological polar surface area (TPSA) is 74.2 Å². The SMILES string of the molecule is CCCCCCCCCCCC(=O)Oc1ccc(C(O)C=Cc2ccc(OCc3ccccc3)cc2OCC)c(OCc2ccccc2)c1. The molecule has 0 amide bonds. The van der Waals surface area contributed by atoms with Crippen LogP contribution in [0.5, 0.6) is 23.0 Å². The third-order valence-corrected chi connectivity index (χ3v) is 8.25. The summed E-state index contributed by atoms with van der Waals surface area (Å²) >= 11 is 0. The van der Waals surface area contributed by atoms with E-state index in [1.807, 2.05) is 91.9 Å². The molecule has 49 heavy (non-hydrogen) atoms. The van der Waals surface area contributed by atoms with Crippen LogP contribution in [0.25, 0.3) is 6.08 Å². The van der Waals surface area contributed by atoms with Gasteiger partial charge in [0.2, 0.25) is 0 Å². The van der Waals surface area contributed by atoms with Crippen molar-refractivity contribution in [2.45, 2.75) is 97.4 Å². The van der Waals surface area contributed by atoms with Crippen molar-refractivity contribution in [1.82, 2.24) is 0 Å². The lowest BCUT2D eigenvalue weighted by Crippen LogP contribution is -2.08. The van der Waals surface area contributed by atoms with Crippen LogP contribution in [0.2, 0.25) is 0 Å². The maximum absolute atomic E-state index is 12.7. The molecule has 0 aromatic heterocycles. The van der Waals surface area contributed by atoms with E-state index in [1.165, 1.54) is 38.5 Å². The number of carbonyl (C=O) groups is 1. The number of hydrogen-bond donors (Lipinski definition) is 1. The Labute approximate surface area is 292 Å². The number of aliphatic hydroxyl groups excluding tert-OH is 1. The molecule has 0 aliphatic rings. The van der Waals surface area contributed by atoms with Crippen LogP contribution in [0, 0.1) is 0 Å². The highest BCUT2D eigenvalue weighted by atomic mass is 16.5. The van der Waals surface area contributed by atoms with E-state index >= 15 is 0 Å². The molecule has 4 aromatic carbocycles. The normalized spacial score (nSPS) is 11.7. The molecule has 1 N–H and O–H groups in total. The van der Waals surface area contributed by atoms with E-state index in [9.17, 15) is 9.90 Å². The molecule has 260 valence electrons. The maximum Gasteiger partial charge on any atom is 0.311 e. The first-order valence-corrected chi connectivity index (χ1v) is 17.9. The first kappa shape index (κ1) is 37.3. The molecule has 4 rings (SSSR count). The predicted molar refractivity (Wildman–Crippen MR) is 197 cm³/mol. The van der Waals surface area contributed by atoms with Crippen LogP contribution in [0.15, 0.2) is 103 Å². The summed E-state index contributed by atoms with van der Waals surface area (Å²) in [5.74, 6) is 1.94. The summed E-state index contributed by atoms with van der Waals surface area (Å²) in [5.41, 5.74) is 3.44. The zero-order valence-corrected chi connectivity index (χ0v) is 29.2. The first-order chi connectivity index (χ1) is 24.1. The predicted octanol–water partition coefficient (Wildman–Crippen LogP) is 10.8. The minimum atomic E-state index is -0.985. The molecule has 6 heteroatoms. The third-order valence-electron chi connectivity index (χ3n) is 8.25. The van der Waals surface area contributed by atoms with Gasteiger partial charge in [-0.1, -0.05) is 131 Å². The number of ether oxygens (including phenoxy) is 4. The lowest BCUT2D eigenvalue weighted by atomic mass is 10.1. The number of hydrogen-bond acceptors (Lipinski definition) is 6. The lowest BCUT2D eigenvalue weighted by molar-refractivity contribution is -0.134. The minimum Gasteiger partial charge on any atom is -0.493 e. The number of unbranched alkanes of at least 4 members (excludes halogenated alkanes) is 8. The molecule has 6 nitrogen and oxygen atoms in total. The summed E-state index contributed by atoms with van der Waals surface area (Å²) in [7, 11) is 0. The fourth-order valence-corrected chi connectivity index (χ4v) is 5.51. The van der Waals surface area contributed by atoms with E-state index in [2.05, 4.69) is 6.92 Å². The van der Waals surface area contributed by atoms with Crippen LogP contribution in [-0.4, -0.2) is 17.7 Å². The molecule has 0 heterocycles. The van der Waals surface area contributed by atoms with Crippen LogP contribution < -0.4 is 18.9 Å². The van der Waals surface area contributed by atoms with Gasteiger partial charge in [0.05, 0.1) is 6.61 Å². The van der Waals surface area contributed by atoms with Gasteiger partial charge in [0.15, 0.2) is 0 Å². The summed E-state index contributed by atoms with van der Waals surface area (Å²) in [6.07, 6.45) is 13.6. The molecule has 0 aliphatic carbocycles. The molecule has 0 spiro atoms. The van der Waals surface area contributed by atoms with E-state index in [0.717, 1.165) is 36.0 Å². The molecule has 0 radical (unpaired) electrons. The first-order valence-electron chi connectivity index (χ1n) is 17.9. The number of carbonyl (C=O) groups excluding carboxylic acids is 1. The maximum atomic E-state index is 12.7. The van der Waals surface area contributed by atoms with Crippen molar-refractivity contribution in [2.24, 2.45) is 0 Å². The fourth-order valence-electron chi connectivity index (χ4n) is 5.51. The molecule has 4 aromatic rings. The molecule has 0 saturated heterocycles. The van der Waals surface area contributed by atoms with Gasteiger partial charge < -0.3 is 24.1 Å². The smallest absolute Gasteiger partial charge is 0.311 e. The van der Waals surface area contributed by atoms with Gasteiger partial charge in [-0.05, 0) is 48.7 Å². The summed E-state index contributed by atoms with van der Waals surface area (Å²) in [6.45, 7) is 5.41. The molecule has 1 atom stereocenters. The Morgan fingerprint density at radius 1 is 0.653 bits per heavy atom. The van der Waals surface area contributed by atoms with Gasteiger partial charge in [0.1, 0.15) is 42.3 Å². The second kappa shape index (κ2) is 21.4. The van der Waals surface area contributed by atoms with Crippen LogP contribution in [0.3, 0.4) is 0 Å². The van der Waals surface area contributed by atoms with Gasteiger partial charge in [-0.15, -0.1) is 0 Å². The van der Waals surface area contributed by atoms with Crippen LogP contribution in [0.4, 0.5) is 0 Å². The number of aliphatic hydroxyl groups is 1. The van der Waals surface area contributed by atoms with Gasteiger partial charge in [-0.25, -0.2) is 0 Å². The van der Waals surface area contributed by atoms with Gasteiger partial charge in [-0.3, -0.25) is 4.79 Å². The Kier molecular flexibility index (Phi) is 16.3. The largest absolute Gasteiger partial charge is 0.493 e. The second-order valence-corrected chi connectivity index (χ2v) is 12.2. The summed E-state index contributed by atoms with van der Waals surface area (Å²) in [6, 6.07) is 30.6. The molecule has 0 aliphatic heterocycles. The van der Waals surface area contributed by atoms with E-state index in [4.69, 9.17) is 18.9 Å². The fraction of sp³-hybridized carbons (Fsp3) is 0.372. The third kappa shape index (κ3) is 13.5. The van der Waals surface area contributed by atoms with Crippen molar-refractivity contribution in [3.8, 4) is 23.0 Å². The van der Waals surface area contributed by atoms with Crippen LogP contribution in [0.1, 0.15) is 106 Å². The molecule has 1 unspecified atom stereocenters. The molecule has 0 saturated carbocycles. The zero-order chi connectivity index (χ0) is 34.5. The zero-order valence-electron chi connectivity index (χ0n) is 29.2. The highest BCUT2D eigenvalue weighted by molar-refractivity contribution is 5.72. The van der Waals surface area contributed by atoms with Crippen molar-refractivity contribution in [1.29, 1.82) is 0 Å². The van der Waals surface area contributed by atoms with Gasteiger partial charge in [0.25, 0.3) is 0 Å². The average molecular weight is 665 g/mol.